The lowest BCUT2D eigenvalue weighted by molar-refractivity contribution is 0.608. The fraction of sp³-hybridized carbons (Fsp3) is 0.429. The summed E-state index contributed by atoms with van der Waals surface area (Å²) < 4.78 is 0. The number of unbranched alkanes of at least 4 members (excludes halogenated alkanes) is 1. The lowest BCUT2D eigenvalue weighted by Gasteiger charge is -2.03. The average molecular weight is 244 g/mol. The summed E-state index contributed by atoms with van der Waals surface area (Å²) >= 11 is 0. The minimum Gasteiger partial charge on any atom is -0.311 e. The molecule has 4 nitrogen and oxygen atoms in total. The lowest BCUT2D eigenvalue weighted by atomic mass is 10.1. The van der Waals surface area contributed by atoms with Crippen molar-refractivity contribution in [2.45, 2.75) is 26.3 Å². The molecule has 0 aliphatic heterocycles. The molecule has 0 fully saturated rings. The molecule has 2 aromatic rings. The van der Waals surface area contributed by atoms with E-state index in [0.29, 0.717) is 0 Å². The van der Waals surface area contributed by atoms with Crippen LogP contribution in [0.25, 0.3) is 11.3 Å². The van der Waals surface area contributed by atoms with Crippen molar-refractivity contribution in [2.24, 2.45) is 7.05 Å². The minimum atomic E-state index is 0.776. The molecule has 0 saturated carbocycles. The summed E-state index contributed by atoms with van der Waals surface area (Å²) in [6.45, 7) is 4.00. The van der Waals surface area contributed by atoms with Crippen molar-refractivity contribution in [3.63, 3.8) is 0 Å². The Hall–Kier alpha value is -1.68. The Morgan fingerprint density at radius 3 is 2.67 bits per heavy atom. The zero-order chi connectivity index (χ0) is 12.8. The van der Waals surface area contributed by atoms with Gasteiger partial charge in [-0.25, -0.2) is 0 Å². The van der Waals surface area contributed by atoms with E-state index >= 15 is 0 Å². The average Bonchev–Trinajstić information content (AvgIpc) is 2.77. The summed E-state index contributed by atoms with van der Waals surface area (Å²) in [7, 11) is 1.86. The molecule has 0 spiro atoms. The topological polar surface area (TPSA) is 42.7 Å². The SMILES string of the molecule is CCCCNCc1nn(C)nc1-c1ccccc1. The molecule has 0 saturated heterocycles. The highest BCUT2D eigenvalue weighted by molar-refractivity contribution is 5.60. The maximum Gasteiger partial charge on any atom is 0.117 e. The Balaban J connectivity index is 2.11. The fourth-order valence-corrected chi connectivity index (χ4v) is 1.89. The lowest BCUT2D eigenvalue weighted by Crippen LogP contribution is -2.15. The third kappa shape index (κ3) is 3.17. The van der Waals surface area contributed by atoms with E-state index in [4.69, 9.17) is 0 Å². The monoisotopic (exact) mass is 244 g/mol. The van der Waals surface area contributed by atoms with Gasteiger partial charge in [-0.05, 0) is 13.0 Å². The molecule has 1 heterocycles. The maximum absolute atomic E-state index is 4.45. The van der Waals surface area contributed by atoms with Gasteiger partial charge in [-0.2, -0.15) is 15.0 Å². The van der Waals surface area contributed by atoms with Gasteiger partial charge < -0.3 is 5.32 Å². The molecule has 1 aromatic heterocycles. The van der Waals surface area contributed by atoms with Crippen LogP contribution in [0.5, 0.6) is 0 Å². The van der Waals surface area contributed by atoms with Crippen molar-refractivity contribution in [1.82, 2.24) is 20.3 Å². The molecule has 2 rings (SSSR count). The van der Waals surface area contributed by atoms with Gasteiger partial charge >= 0.3 is 0 Å². The summed E-state index contributed by atoms with van der Waals surface area (Å²) in [6, 6.07) is 10.2. The summed E-state index contributed by atoms with van der Waals surface area (Å²) in [5.41, 5.74) is 3.11. The van der Waals surface area contributed by atoms with E-state index < -0.39 is 0 Å². The van der Waals surface area contributed by atoms with E-state index in [0.717, 1.165) is 30.0 Å². The predicted molar refractivity (Wildman–Crippen MR) is 73.1 cm³/mol. The summed E-state index contributed by atoms with van der Waals surface area (Å²) in [6.07, 6.45) is 2.40. The van der Waals surface area contributed by atoms with Crippen LogP contribution in [0, 0.1) is 0 Å². The molecule has 0 bridgehead atoms. The van der Waals surface area contributed by atoms with Gasteiger partial charge in [-0.3, -0.25) is 0 Å². The maximum atomic E-state index is 4.45. The van der Waals surface area contributed by atoms with Crippen molar-refractivity contribution in [3.8, 4) is 11.3 Å². The van der Waals surface area contributed by atoms with Gasteiger partial charge in [0, 0.05) is 19.2 Å². The van der Waals surface area contributed by atoms with Gasteiger partial charge in [0.2, 0.25) is 0 Å². The zero-order valence-electron chi connectivity index (χ0n) is 11.1. The van der Waals surface area contributed by atoms with Gasteiger partial charge in [0.05, 0.1) is 0 Å². The molecule has 1 N–H and O–H groups in total. The quantitative estimate of drug-likeness (QED) is 0.793. The van der Waals surface area contributed by atoms with E-state index in [2.05, 4.69) is 34.6 Å². The molecule has 0 atom stereocenters. The molecule has 0 amide bonds. The highest BCUT2D eigenvalue weighted by Gasteiger charge is 2.10. The largest absolute Gasteiger partial charge is 0.311 e. The van der Waals surface area contributed by atoms with Gasteiger partial charge in [-0.1, -0.05) is 43.7 Å². The van der Waals surface area contributed by atoms with Gasteiger partial charge in [0.1, 0.15) is 11.4 Å². The van der Waals surface area contributed by atoms with Gasteiger partial charge in [-0.15, -0.1) is 0 Å². The molecule has 0 unspecified atom stereocenters. The zero-order valence-corrected chi connectivity index (χ0v) is 11.1. The van der Waals surface area contributed by atoms with Crippen LogP contribution < -0.4 is 5.32 Å². The second-order valence-electron chi connectivity index (χ2n) is 4.38. The number of nitrogens with one attached hydrogen (secondary N) is 1. The first-order chi connectivity index (χ1) is 8.81. The fourth-order valence-electron chi connectivity index (χ4n) is 1.89. The third-order valence-electron chi connectivity index (χ3n) is 2.83. The van der Waals surface area contributed by atoms with Gasteiger partial charge in [0.15, 0.2) is 0 Å². The number of hydrogen-bond donors (Lipinski definition) is 1. The van der Waals surface area contributed by atoms with E-state index in [-0.39, 0.29) is 0 Å². The third-order valence-corrected chi connectivity index (χ3v) is 2.83. The summed E-state index contributed by atoms with van der Waals surface area (Å²) in [5, 5.41) is 12.3. The smallest absolute Gasteiger partial charge is 0.117 e. The Morgan fingerprint density at radius 1 is 1.17 bits per heavy atom. The highest BCUT2D eigenvalue weighted by atomic mass is 15.5. The number of hydrogen-bond acceptors (Lipinski definition) is 3. The molecule has 0 aliphatic carbocycles. The van der Waals surface area contributed by atoms with Crippen molar-refractivity contribution in [1.29, 1.82) is 0 Å². The Bertz CT molecular complexity index is 476. The van der Waals surface area contributed by atoms with Crippen LogP contribution in [0.3, 0.4) is 0 Å². The number of rotatable bonds is 6. The van der Waals surface area contributed by atoms with Crippen LogP contribution >= 0.6 is 0 Å². The van der Waals surface area contributed by atoms with E-state index in [1.165, 1.54) is 12.8 Å². The van der Waals surface area contributed by atoms with Crippen LogP contribution in [0.2, 0.25) is 0 Å². The van der Waals surface area contributed by atoms with E-state index in [9.17, 15) is 0 Å². The number of nitrogens with zero attached hydrogens (tertiary/aromatic N) is 3. The number of benzene rings is 1. The first-order valence-corrected chi connectivity index (χ1v) is 6.47. The van der Waals surface area contributed by atoms with Crippen LogP contribution in [-0.4, -0.2) is 21.5 Å². The molecule has 1 aromatic carbocycles. The second kappa shape index (κ2) is 6.31. The van der Waals surface area contributed by atoms with Crippen LogP contribution in [-0.2, 0) is 13.6 Å². The number of aryl methyl sites for hydroxylation is 1. The second-order valence-corrected chi connectivity index (χ2v) is 4.38. The van der Waals surface area contributed by atoms with Crippen LogP contribution in [0.15, 0.2) is 30.3 Å². The van der Waals surface area contributed by atoms with Crippen molar-refractivity contribution < 1.29 is 0 Å². The molecule has 4 heteroatoms. The Kier molecular flexibility index (Phi) is 4.47. The first kappa shape index (κ1) is 12.8. The molecule has 0 aliphatic rings. The Labute approximate surface area is 108 Å². The molecular formula is C14H20N4. The normalized spacial score (nSPS) is 10.8. The molecule has 0 radical (unpaired) electrons. The molecular weight excluding hydrogens is 224 g/mol. The van der Waals surface area contributed by atoms with Crippen LogP contribution in [0.1, 0.15) is 25.5 Å². The molecule has 18 heavy (non-hydrogen) atoms. The Morgan fingerprint density at radius 2 is 1.94 bits per heavy atom. The van der Waals surface area contributed by atoms with Crippen LogP contribution in [0.4, 0.5) is 0 Å². The first-order valence-electron chi connectivity index (χ1n) is 6.47. The van der Waals surface area contributed by atoms with E-state index in [1.807, 2.05) is 25.2 Å². The summed E-state index contributed by atoms with van der Waals surface area (Å²) in [4.78, 5) is 1.64. The highest BCUT2D eigenvalue weighted by Crippen LogP contribution is 2.19. The standard InChI is InChI=1S/C14H20N4/c1-3-4-10-15-11-13-14(17-18(2)16-13)12-8-6-5-7-9-12/h5-9,15H,3-4,10-11H2,1-2H3. The van der Waals surface area contributed by atoms with E-state index in [1.54, 1.807) is 4.80 Å². The molecule has 96 valence electrons. The minimum absolute atomic E-state index is 0.776. The predicted octanol–water partition coefficient (Wildman–Crippen LogP) is 2.37. The van der Waals surface area contributed by atoms with Crippen molar-refractivity contribution in [2.75, 3.05) is 6.54 Å². The van der Waals surface area contributed by atoms with Crippen molar-refractivity contribution >= 4 is 0 Å². The van der Waals surface area contributed by atoms with Gasteiger partial charge in [0.25, 0.3) is 0 Å². The summed E-state index contributed by atoms with van der Waals surface area (Å²) in [5.74, 6) is 0. The number of aromatic nitrogens is 3. The van der Waals surface area contributed by atoms with Crippen molar-refractivity contribution in [3.05, 3.63) is 36.0 Å².